The van der Waals surface area contributed by atoms with Gasteiger partial charge in [0.05, 0.1) is 0 Å². The number of pyridine rings is 1. The average molecular weight is 281 g/mol. The predicted octanol–water partition coefficient (Wildman–Crippen LogP) is 2.06. The number of aromatic nitrogens is 1. The zero-order valence-electron chi connectivity index (χ0n) is 11.8. The zero-order valence-corrected chi connectivity index (χ0v) is 11.8. The van der Waals surface area contributed by atoms with Gasteiger partial charge in [-0.2, -0.15) is 0 Å². The number of anilines is 1. The van der Waals surface area contributed by atoms with Crippen molar-refractivity contribution < 1.29 is 14.3 Å². The van der Waals surface area contributed by atoms with Gasteiger partial charge in [-0.25, -0.2) is 14.2 Å². The fourth-order valence-corrected chi connectivity index (χ4v) is 2.36. The van der Waals surface area contributed by atoms with Gasteiger partial charge < -0.3 is 15.3 Å². The van der Waals surface area contributed by atoms with E-state index in [0.717, 1.165) is 25.9 Å². The molecule has 5 nitrogen and oxygen atoms in total. The van der Waals surface area contributed by atoms with Crippen molar-refractivity contribution in [3.05, 3.63) is 23.6 Å². The highest BCUT2D eigenvalue weighted by Gasteiger charge is 2.29. The van der Waals surface area contributed by atoms with Gasteiger partial charge in [0.25, 0.3) is 0 Å². The van der Waals surface area contributed by atoms with Crippen LogP contribution in [0.5, 0.6) is 0 Å². The van der Waals surface area contributed by atoms with Crippen molar-refractivity contribution in [1.82, 2.24) is 9.88 Å². The second kappa shape index (κ2) is 5.75. The van der Waals surface area contributed by atoms with Crippen molar-refractivity contribution in [2.45, 2.75) is 19.8 Å². The van der Waals surface area contributed by atoms with Crippen LogP contribution >= 0.6 is 0 Å². The highest BCUT2D eigenvalue weighted by molar-refractivity contribution is 5.88. The monoisotopic (exact) mass is 281 g/mol. The highest BCUT2D eigenvalue weighted by atomic mass is 19.1. The molecule has 2 rings (SSSR count). The quantitative estimate of drug-likeness (QED) is 0.884. The molecule has 20 heavy (non-hydrogen) atoms. The number of carboxylic acid groups (broad SMARTS) is 1. The summed E-state index contributed by atoms with van der Waals surface area (Å²) in [4.78, 5) is 17.0. The van der Waals surface area contributed by atoms with Gasteiger partial charge in [0.2, 0.25) is 0 Å². The van der Waals surface area contributed by atoms with Crippen LogP contribution < -0.4 is 5.32 Å². The molecule has 0 atom stereocenters. The van der Waals surface area contributed by atoms with Crippen LogP contribution in [0.3, 0.4) is 0 Å². The van der Waals surface area contributed by atoms with E-state index in [1.807, 2.05) is 0 Å². The van der Waals surface area contributed by atoms with E-state index in [-0.39, 0.29) is 16.8 Å². The number of carboxylic acids is 1. The summed E-state index contributed by atoms with van der Waals surface area (Å²) in [5.74, 6) is -2.06. The van der Waals surface area contributed by atoms with E-state index in [9.17, 15) is 9.18 Å². The molecule has 0 bridgehead atoms. The number of piperidine rings is 1. The summed E-state index contributed by atoms with van der Waals surface area (Å²) in [5.41, 5.74) is -0.268. The van der Waals surface area contributed by atoms with E-state index >= 15 is 0 Å². The lowest BCUT2D eigenvalue weighted by atomic mass is 9.80. The summed E-state index contributed by atoms with van der Waals surface area (Å²) in [6.45, 7) is 4.78. The molecule has 0 amide bonds. The minimum Gasteiger partial charge on any atom is -0.478 e. The van der Waals surface area contributed by atoms with E-state index in [1.165, 1.54) is 12.3 Å². The maximum Gasteiger partial charge on any atom is 0.338 e. The number of halogens is 1. The molecule has 110 valence electrons. The van der Waals surface area contributed by atoms with Crippen LogP contribution in [0.4, 0.5) is 10.2 Å². The van der Waals surface area contributed by atoms with E-state index < -0.39 is 11.8 Å². The van der Waals surface area contributed by atoms with Gasteiger partial charge in [-0.1, -0.05) is 6.92 Å². The molecule has 6 heteroatoms. The highest BCUT2D eigenvalue weighted by Crippen LogP contribution is 2.30. The smallest absolute Gasteiger partial charge is 0.338 e. The molecule has 1 aromatic heterocycles. The summed E-state index contributed by atoms with van der Waals surface area (Å²) < 4.78 is 14.0. The lowest BCUT2D eigenvalue weighted by Gasteiger charge is -2.38. The van der Waals surface area contributed by atoms with Crippen LogP contribution in [0.25, 0.3) is 0 Å². The summed E-state index contributed by atoms with van der Waals surface area (Å²) >= 11 is 0. The number of hydrogen-bond donors (Lipinski definition) is 2. The average Bonchev–Trinajstić information content (AvgIpc) is 2.41. The minimum absolute atomic E-state index is 0.0186. The first kappa shape index (κ1) is 14.7. The Hall–Kier alpha value is -1.69. The molecule has 0 saturated carbocycles. The number of hydrogen-bond acceptors (Lipinski definition) is 4. The van der Waals surface area contributed by atoms with Crippen LogP contribution in [-0.2, 0) is 0 Å². The second-order valence-electron chi connectivity index (χ2n) is 5.79. The Kier molecular flexibility index (Phi) is 4.23. The Morgan fingerprint density at radius 3 is 2.80 bits per heavy atom. The van der Waals surface area contributed by atoms with Crippen LogP contribution in [0.15, 0.2) is 12.3 Å². The normalized spacial score (nSPS) is 18.8. The Morgan fingerprint density at radius 2 is 2.20 bits per heavy atom. The maximum absolute atomic E-state index is 14.0. The third kappa shape index (κ3) is 3.25. The Balaban J connectivity index is 2.04. The first-order chi connectivity index (χ1) is 9.41. The molecule has 0 unspecified atom stereocenters. The Labute approximate surface area is 117 Å². The molecule has 1 aliphatic rings. The lowest BCUT2D eigenvalue weighted by molar-refractivity contribution is 0.0692. The van der Waals surface area contributed by atoms with Gasteiger partial charge in [-0.3, -0.25) is 0 Å². The fourth-order valence-electron chi connectivity index (χ4n) is 2.36. The minimum atomic E-state index is -1.28. The second-order valence-corrected chi connectivity index (χ2v) is 5.79. The Morgan fingerprint density at radius 1 is 1.55 bits per heavy atom. The topological polar surface area (TPSA) is 65.5 Å². The number of carbonyl (C=O) groups is 1. The van der Waals surface area contributed by atoms with Gasteiger partial charge in [-0.05, 0) is 44.5 Å². The fraction of sp³-hybridized carbons (Fsp3) is 0.571. The van der Waals surface area contributed by atoms with Crippen molar-refractivity contribution >= 4 is 11.8 Å². The molecule has 0 aromatic carbocycles. The van der Waals surface area contributed by atoms with Gasteiger partial charge in [0, 0.05) is 12.7 Å². The molecule has 2 N–H and O–H groups in total. The Bertz CT molecular complexity index is 499. The molecule has 0 radical (unpaired) electrons. The van der Waals surface area contributed by atoms with Crippen molar-refractivity contribution in [1.29, 1.82) is 0 Å². The van der Waals surface area contributed by atoms with Crippen molar-refractivity contribution in [2.24, 2.45) is 5.41 Å². The first-order valence-corrected chi connectivity index (χ1v) is 6.71. The van der Waals surface area contributed by atoms with E-state index in [0.29, 0.717) is 6.54 Å². The molecule has 2 heterocycles. The predicted molar refractivity (Wildman–Crippen MR) is 74.5 cm³/mol. The lowest BCUT2D eigenvalue weighted by Crippen LogP contribution is -2.40. The van der Waals surface area contributed by atoms with Crippen LogP contribution in [0, 0.1) is 11.2 Å². The van der Waals surface area contributed by atoms with Crippen molar-refractivity contribution in [3.8, 4) is 0 Å². The van der Waals surface area contributed by atoms with Gasteiger partial charge in [0.15, 0.2) is 11.6 Å². The SMILES string of the molecule is CN1CCC(C)(CNc2nccc(C(=O)O)c2F)CC1. The third-order valence-corrected chi connectivity index (χ3v) is 4.00. The largest absolute Gasteiger partial charge is 0.478 e. The van der Waals surface area contributed by atoms with Crippen molar-refractivity contribution in [2.75, 3.05) is 32.0 Å². The van der Waals surface area contributed by atoms with Crippen molar-refractivity contribution in [3.63, 3.8) is 0 Å². The van der Waals surface area contributed by atoms with Crippen LogP contribution in [0.2, 0.25) is 0 Å². The van der Waals surface area contributed by atoms with Gasteiger partial charge in [0.1, 0.15) is 5.56 Å². The van der Waals surface area contributed by atoms with E-state index in [1.54, 1.807) is 0 Å². The summed E-state index contributed by atoms with van der Waals surface area (Å²) in [5, 5.41) is 11.9. The van der Waals surface area contributed by atoms with Gasteiger partial charge >= 0.3 is 5.97 Å². The number of nitrogens with one attached hydrogen (secondary N) is 1. The van der Waals surface area contributed by atoms with Gasteiger partial charge in [-0.15, -0.1) is 0 Å². The molecule has 1 aromatic rings. The standard InChI is InChI=1S/C14H20FN3O2/c1-14(4-7-18(2)8-5-14)9-17-12-11(15)10(13(19)20)3-6-16-12/h3,6H,4-5,7-9H2,1-2H3,(H,16,17)(H,19,20). The third-order valence-electron chi connectivity index (χ3n) is 4.00. The van der Waals surface area contributed by atoms with E-state index in [2.05, 4.69) is 29.2 Å². The molecule has 0 aliphatic carbocycles. The molecule has 1 fully saturated rings. The molecular formula is C14H20FN3O2. The van der Waals surface area contributed by atoms with E-state index in [4.69, 9.17) is 5.11 Å². The molecule has 1 aliphatic heterocycles. The number of nitrogens with zero attached hydrogens (tertiary/aromatic N) is 2. The number of aromatic carboxylic acids is 1. The summed E-state index contributed by atoms with van der Waals surface area (Å²) in [7, 11) is 2.09. The van der Waals surface area contributed by atoms with Crippen LogP contribution in [0.1, 0.15) is 30.1 Å². The zero-order chi connectivity index (χ0) is 14.8. The first-order valence-electron chi connectivity index (χ1n) is 6.71. The van der Waals surface area contributed by atoms with Crippen LogP contribution in [-0.4, -0.2) is 47.6 Å². The summed E-state index contributed by atoms with van der Waals surface area (Å²) in [6, 6.07) is 1.17. The number of rotatable bonds is 4. The molecule has 1 saturated heterocycles. The maximum atomic E-state index is 14.0. The summed E-state index contributed by atoms with van der Waals surface area (Å²) in [6.07, 6.45) is 3.36. The molecule has 0 spiro atoms. The number of likely N-dealkylation sites (tertiary alicyclic amines) is 1. The molecular weight excluding hydrogens is 261 g/mol.